The summed E-state index contributed by atoms with van der Waals surface area (Å²) in [7, 11) is 0. The van der Waals surface area contributed by atoms with Crippen LogP contribution < -0.4 is 0 Å². The number of hydrogen-bond donors (Lipinski definition) is 4. The monoisotopic (exact) mass is 1100 g/mol. The van der Waals surface area contributed by atoms with E-state index < -0.39 is 158 Å². The average molecular weight is 1100 g/mol. The Hall–Kier alpha value is -2.70. The SMILES string of the molecule is OCC(F)(F)C(F)(F)OC(F)(F)C1(F)CCC(F)(C(F)(F)OC(F)(F)C(F)(F)CO)C2(F)C(F)(C(F)(F)OC(F)(F)C(F)(F)CO)C(F)(F)C(F)(F)C(F)(C(F)(F)OC(F)(F)C(F)(F)CO)C12F. The smallest absolute Gasteiger partial charge is 0.390 e. The maximum atomic E-state index is 17.7. The van der Waals surface area contributed by atoms with Crippen molar-refractivity contribution < 1.29 is 189 Å². The van der Waals surface area contributed by atoms with Crippen molar-refractivity contribution in [3.8, 4) is 0 Å². The van der Waals surface area contributed by atoms with E-state index in [9.17, 15) is 70.2 Å². The van der Waals surface area contributed by atoms with Crippen LogP contribution in [0.4, 0.5) is 149 Å². The molecule has 0 aromatic heterocycles. The predicted molar refractivity (Wildman–Crippen MR) is 134 cm³/mol. The van der Waals surface area contributed by atoms with Crippen molar-refractivity contribution >= 4 is 0 Å². The van der Waals surface area contributed by atoms with E-state index in [2.05, 4.69) is 0 Å². The van der Waals surface area contributed by atoms with Crippen LogP contribution in [0.3, 0.4) is 0 Å². The molecule has 406 valence electrons. The molecule has 2 aliphatic rings. The van der Waals surface area contributed by atoms with E-state index in [-0.39, 0.29) is 0 Å². The van der Waals surface area contributed by atoms with Crippen LogP contribution in [0, 0.1) is 0 Å². The second kappa shape index (κ2) is 15.9. The lowest BCUT2D eigenvalue weighted by Gasteiger charge is -2.69. The molecule has 0 aliphatic heterocycles. The Morgan fingerprint density at radius 1 is 0.294 bits per heavy atom. The fraction of sp³-hybridized carbons (Fsp3) is 1.00. The minimum Gasteiger partial charge on any atom is -0.390 e. The van der Waals surface area contributed by atoms with Gasteiger partial charge in [0.05, 0.1) is 0 Å². The van der Waals surface area contributed by atoms with Crippen LogP contribution in [-0.2, 0) is 18.9 Å². The molecule has 0 aromatic rings. The van der Waals surface area contributed by atoms with Gasteiger partial charge < -0.3 is 20.4 Å². The lowest BCUT2D eigenvalue weighted by molar-refractivity contribution is -0.585. The minimum absolute atomic E-state index is 1.18. The maximum Gasteiger partial charge on any atom is 0.426 e. The number of alkyl halides is 34. The molecule has 2 aliphatic carbocycles. The largest absolute Gasteiger partial charge is 0.426 e. The summed E-state index contributed by atoms with van der Waals surface area (Å²) in [6.07, 6.45) is -81.6. The van der Waals surface area contributed by atoms with Gasteiger partial charge in [0.2, 0.25) is 22.7 Å². The number of halogens is 34. The first kappa shape index (κ1) is 61.4. The van der Waals surface area contributed by atoms with Gasteiger partial charge in [-0.15, -0.1) is 0 Å². The first-order chi connectivity index (χ1) is 29.3. The molecule has 68 heavy (non-hydrogen) atoms. The zero-order chi connectivity index (χ0) is 55.1. The van der Waals surface area contributed by atoms with E-state index in [0.29, 0.717) is 0 Å². The highest BCUT2D eigenvalue weighted by atomic mass is 19.4. The standard InChI is InChI=1S/C26H16F34O8/c27-7(19(45,46)65-21(49,50)9(29,30)3-61)1-2-8(28,20(47,48)66-22(51,52)10(31,32)4-62)14(38)13(7,37)15(39,25(57,58)67-23(53,54)11(33,34)5-63)17(41,42)18(43,44)16(14,40)26(59,60)68-24(55,56)12(35,36)6-64/h61-64H,1-6H2. The third-order valence-corrected chi connectivity index (χ3v) is 9.84. The molecule has 0 amide bonds. The number of aliphatic hydroxyl groups is 4. The molecule has 4 N–H and O–H groups in total. The van der Waals surface area contributed by atoms with Gasteiger partial charge in [0, 0.05) is 0 Å². The van der Waals surface area contributed by atoms with Crippen molar-refractivity contribution in [3.05, 3.63) is 0 Å². The van der Waals surface area contributed by atoms with Gasteiger partial charge in [0.25, 0.3) is 0 Å². The third kappa shape index (κ3) is 7.23. The summed E-state index contributed by atoms with van der Waals surface area (Å²) in [6.45, 7) is -15.8. The number of fused-ring (bicyclic) bond motifs is 1. The van der Waals surface area contributed by atoms with Crippen LogP contribution in [0.5, 0.6) is 0 Å². The lowest BCUT2D eigenvalue weighted by atomic mass is 9.43. The molecule has 0 heterocycles. The second-order valence-electron chi connectivity index (χ2n) is 13.9. The molecule has 0 spiro atoms. The molecular formula is C26H16F34O8. The Morgan fingerprint density at radius 2 is 0.456 bits per heavy atom. The fourth-order valence-electron chi connectivity index (χ4n) is 6.19. The fourth-order valence-corrected chi connectivity index (χ4v) is 6.19. The summed E-state index contributed by atoms with van der Waals surface area (Å²) in [4.78, 5) is 0. The zero-order valence-corrected chi connectivity index (χ0v) is 30.5. The highest BCUT2D eigenvalue weighted by Gasteiger charge is 3.15. The van der Waals surface area contributed by atoms with E-state index >= 15 is 79.0 Å². The summed E-state index contributed by atoms with van der Waals surface area (Å²) in [6, 6.07) is 0. The highest BCUT2D eigenvalue weighted by Crippen LogP contribution is 2.83. The summed E-state index contributed by atoms with van der Waals surface area (Å²) in [5, 5.41) is 33.1. The van der Waals surface area contributed by atoms with Crippen molar-refractivity contribution in [3.63, 3.8) is 0 Å². The van der Waals surface area contributed by atoms with Gasteiger partial charge in [-0.2, -0.15) is 123 Å². The summed E-state index contributed by atoms with van der Waals surface area (Å²) < 4.78 is 519. The Kier molecular flexibility index (Phi) is 14.4. The van der Waals surface area contributed by atoms with Crippen LogP contribution in [-0.4, -0.2) is 165 Å². The van der Waals surface area contributed by atoms with E-state index in [4.69, 9.17) is 20.4 Å². The molecule has 6 atom stereocenters. The van der Waals surface area contributed by atoms with Gasteiger partial charge in [-0.05, 0) is 12.8 Å². The van der Waals surface area contributed by atoms with E-state index in [1.807, 2.05) is 0 Å². The number of rotatable bonds is 20. The molecule has 0 saturated heterocycles. The quantitative estimate of drug-likeness (QED) is 0.0897. The summed E-state index contributed by atoms with van der Waals surface area (Å²) >= 11 is 0. The number of aliphatic hydroxyl groups excluding tert-OH is 4. The normalized spacial score (nSPS) is 32.0. The third-order valence-electron chi connectivity index (χ3n) is 9.84. The maximum absolute atomic E-state index is 17.7. The Morgan fingerprint density at radius 3 is 0.618 bits per heavy atom. The van der Waals surface area contributed by atoms with Crippen LogP contribution in [0.25, 0.3) is 0 Å². The minimum atomic E-state index is -10.7. The molecule has 8 nitrogen and oxygen atoms in total. The molecule has 2 rings (SSSR count). The first-order valence-electron chi connectivity index (χ1n) is 15.9. The van der Waals surface area contributed by atoms with Crippen LogP contribution in [0.1, 0.15) is 12.8 Å². The van der Waals surface area contributed by atoms with Crippen molar-refractivity contribution in [1.82, 2.24) is 0 Å². The van der Waals surface area contributed by atoms with Gasteiger partial charge >= 0.3 is 95.7 Å². The molecule has 42 heteroatoms. The van der Waals surface area contributed by atoms with Crippen LogP contribution >= 0.6 is 0 Å². The Balaban J connectivity index is 3.82. The van der Waals surface area contributed by atoms with Gasteiger partial charge in [0.15, 0.2) is 0 Å². The molecule has 2 fully saturated rings. The topological polar surface area (TPSA) is 118 Å². The predicted octanol–water partition coefficient (Wildman–Crippen LogP) is 8.63. The first-order valence-corrected chi connectivity index (χ1v) is 15.9. The molecular weight excluding hydrogens is 1090 g/mol. The van der Waals surface area contributed by atoms with Crippen molar-refractivity contribution in [2.75, 3.05) is 26.4 Å². The lowest BCUT2D eigenvalue weighted by Crippen LogP contribution is -3.02. The van der Waals surface area contributed by atoms with Crippen molar-refractivity contribution in [1.29, 1.82) is 0 Å². The van der Waals surface area contributed by atoms with Gasteiger partial charge in [0.1, 0.15) is 26.4 Å². The number of hydrogen-bond acceptors (Lipinski definition) is 8. The molecule has 0 aromatic carbocycles. The molecule has 2 saturated carbocycles. The van der Waals surface area contributed by atoms with Crippen LogP contribution in [0.15, 0.2) is 0 Å². The van der Waals surface area contributed by atoms with E-state index in [1.165, 1.54) is 18.9 Å². The van der Waals surface area contributed by atoms with Crippen molar-refractivity contribution in [2.45, 2.75) is 131 Å². The second-order valence-corrected chi connectivity index (χ2v) is 13.9. The summed E-state index contributed by atoms with van der Waals surface area (Å²) in [5.41, 5.74) is -61.2. The van der Waals surface area contributed by atoms with Gasteiger partial charge in [-0.3, -0.25) is 0 Å². The highest BCUT2D eigenvalue weighted by molar-refractivity contribution is 5.48. The molecule has 0 radical (unpaired) electrons. The van der Waals surface area contributed by atoms with Gasteiger partial charge in [-0.25, -0.2) is 45.3 Å². The van der Waals surface area contributed by atoms with Crippen LogP contribution in [0.2, 0.25) is 0 Å². The van der Waals surface area contributed by atoms with Gasteiger partial charge in [-0.1, -0.05) is 0 Å². The zero-order valence-electron chi connectivity index (χ0n) is 30.5. The average Bonchev–Trinajstić information content (AvgIpc) is 3.14. The molecule has 6 unspecified atom stereocenters. The Bertz CT molecular complexity index is 1730. The summed E-state index contributed by atoms with van der Waals surface area (Å²) in [5.74, 6) is -49.8. The number of ether oxygens (including phenoxy) is 4. The Labute approximate surface area is 347 Å². The van der Waals surface area contributed by atoms with E-state index in [0.717, 1.165) is 0 Å². The molecule has 0 bridgehead atoms. The van der Waals surface area contributed by atoms with Crippen molar-refractivity contribution in [2.24, 2.45) is 0 Å². The van der Waals surface area contributed by atoms with E-state index in [1.54, 1.807) is 0 Å².